The lowest BCUT2D eigenvalue weighted by molar-refractivity contribution is -0.115. The third-order valence-corrected chi connectivity index (χ3v) is 5.51. The summed E-state index contributed by atoms with van der Waals surface area (Å²) in [5.74, 6) is 1.04. The minimum absolute atomic E-state index is 0.110. The van der Waals surface area contributed by atoms with Gasteiger partial charge in [0.1, 0.15) is 5.01 Å². The molecule has 4 rings (SSSR count). The molecule has 0 spiro atoms. The van der Waals surface area contributed by atoms with Crippen molar-refractivity contribution in [2.24, 2.45) is 0 Å². The Balaban J connectivity index is 1.39. The van der Waals surface area contributed by atoms with E-state index in [4.69, 9.17) is 0 Å². The van der Waals surface area contributed by atoms with Crippen LogP contribution < -0.4 is 5.32 Å². The Kier molecular flexibility index (Phi) is 4.05. The summed E-state index contributed by atoms with van der Waals surface area (Å²) in [6.45, 7) is 2.07. The number of hydrogen-bond acceptors (Lipinski definition) is 5. The van der Waals surface area contributed by atoms with Gasteiger partial charge in [0.05, 0.1) is 18.3 Å². The van der Waals surface area contributed by atoms with Crippen LogP contribution in [0, 0.1) is 0 Å². The Morgan fingerprint density at radius 3 is 3.04 bits per heavy atom. The number of fused-ring (bicyclic) bond motifs is 1. The molecular weight excluding hydrogens is 324 g/mol. The van der Waals surface area contributed by atoms with Gasteiger partial charge in [-0.1, -0.05) is 31.1 Å². The van der Waals surface area contributed by atoms with Gasteiger partial charge in [-0.25, -0.2) is 9.50 Å². The van der Waals surface area contributed by atoms with E-state index in [1.54, 1.807) is 15.9 Å². The number of carbonyl (C=O) groups is 1. The lowest BCUT2D eigenvalue weighted by Gasteiger charge is -2.03. The second kappa shape index (κ2) is 6.35. The fourth-order valence-electron chi connectivity index (χ4n) is 3.21. The van der Waals surface area contributed by atoms with E-state index in [9.17, 15) is 4.79 Å². The van der Waals surface area contributed by atoms with Gasteiger partial charge in [-0.15, -0.1) is 0 Å². The number of hydrogen-bond donors (Lipinski definition) is 2. The third kappa shape index (κ3) is 3.06. The maximum absolute atomic E-state index is 12.2. The zero-order valence-corrected chi connectivity index (χ0v) is 14.4. The van der Waals surface area contributed by atoms with E-state index >= 15 is 0 Å². The Morgan fingerprint density at radius 1 is 1.46 bits per heavy atom. The number of anilines is 1. The van der Waals surface area contributed by atoms with E-state index < -0.39 is 0 Å². The highest BCUT2D eigenvalue weighted by molar-refractivity contribution is 7.16. The Labute approximate surface area is 143 Å². The quantitative estimate of drug-likeness (QED) is 0.745. The monoisotopic (exact) mass is 344 g/mol. The van der Waals surface area contributed by atoms with Crippen LogP contribution in [0.4, 0.5) is 5.82 Å². The Morgan fingerprint density at radius 2 is 2.29 bits per heavy atom. The van der Waals surface area contributed by atoms with Gasteiger partial charge >= 0.3 is 0 Å². The molecule has 0 aromatic carbocycles. The maximum atomic E-state index is 12.2. The van der Waals surface area contributed by atoms with Crippen molar-refractivity contribution < 1.29 is 4.79 Å². The normalized spacial score (nSPS) is 15.4. The van der Waals surface area contributed by atoms with Gasteiger partial charge in [-0.3, -0.25) is 9.89 Å². The number of nitrogens with zero attached hydrogens (tertiary/aromatic N) is 4. The largest absolute Gasteiger partial charge is 0.309 e. The highest BCUT2D eigenvalue weighted by Gasteiger charge is 2.19. The SMILES string of the molecule is CCc1nn2cc(CC(=O)Nc3cc(C4CCCC4)[nH]n3)nc2s1. The van der Waals surface area contributed by atoms with E-state index in [1.165, 1.54) is 25.7 Å². The van der Waals surface area contributed by atoms with E-state index in [2.05, 4.69) is 32.5 Å². The number of aromatic nitrogens is 5. The van der Waals surface area contributed by atoms with Crippen LogP contribution in [0.15, 0.2) is 12.3 Å². The van der Waals surface area contributed by atoms with Crippen LogP contribution in [-0.2, 0) is 17.6 Å². The molecule has 24 heavy (non-hydrogen) atoms. The Hall–Kier alpha value is -2.22. The summed E-state index contributed by atoms with van der Waals surface area (Å²) in [5.41, 5.74) is 1.85. The number of aryl methyl sites for hydroxylation is 1. The van der Waals surface area contributed by atoms with Crippen molar-refractivity contribution in [3.05, 3.63) is 28.7 Å². The van der Waals surface area contributed by atoms with Gasteiger partial charge in [-0.05, 0) is 19.3 Å². The molecule has 2 N–H and O–H groups in total. The number of aromatic amines is 1. The maximum Gasteiger partial charge on any atom is 0.231 e. The van der Waals surface area contributed by atoms with Crippen LogP contribution >= 0.6 is 11.3 Å². The van der Waals surface area contributed by atoms with Gasteiger partial charge < -0.3 is 5.32 Å². The van der Waals surface area contributed by atoms with Crippen molar-refractivity contribution in [2.45, 2.75) is 51.4 Å². The summed E-state index contributed by atoms with van der Waals surface area (Å²) in [6, 6.07) is 1.95. The molecule has 1 saturated carbocycles. The van der Waals surface area contributed by atoms with Crippen LogP contribution in [0.3, 0.4) is 0 Å². The molecule has 1 aliphatic rings. The molecule has 126 valence electrons. The molecule has 0 bridgehead atoms. The first kappa shape index (κ1) is 15.3. The fourth-order valence-corrected chi connectivity index (χ4v) is 4.05. The predicted octanol–water partition coefficient (Wildman–Crippen LogP) is 2.92. The molecule has 8 heteroatoms. The second-order valence-electron chi connectivity index (χ2n) is 6.22. The van der Waals surface area contributed by atoms with Gasteiger partial charge in [0.25, 0.3) is 0 Å². The van der Waals surface area contributed by atoms with E-state index in [-0.39, 0.29) is 12.3 Å². The topological polar surface area (TPSA) is 88.0 Å². The number of imidazole rings is 1. The molecule has 1 amide bonds. The van der Waals surface area contributed by atoms with Gasteiger partial charge in [0.2, 0.25) is 10.9 Å². The molecule has 3 heterocycles. The van der Waals surface area contributed by atoms with Crippen LogP contribution in [0.2, 0.25) is 0 Å². The van der Waals surface area contributed by atoms with Crippen molar-refractivity contribution in [3.8, 4) is 0 Å². The number of amides is 1. The Bertz CT molecular complexity index is 826. The molecule has 1 fully saturated rings. The van der Waals surface area contributed by atoms with E-state index in [0.29, 0.717) is 11.7 Å². The van der Waals surface area contributed by atoms with Gasteiger partial charge in [0.15, 0.2) is 5.82 Å². The van der Waals surface area contributed by atoms with Crippen molar-refractivity contribution in [1.29, 1.82) is 0 Å². The van der Waals surface area contributed by atoms with E-state index in [1.807, 2.05) is 12.3 Å². The summed E-state index contributed by atoms with van der Waals surface area (Å²) in [5, 5.41) is 15.6. The minimum atomic E-state index is -0.110. The van der Waals surface area contributed by atoms with Gasteiger partial charge in [-0.2, -0.15) is 10.2 Å². The second-order valence-corrected chi connectivity index (χ2v) is 7.26. The number of H-pyrrole nitrogens is 1. The van der Waals surface area contributed by atoms with Crippen LogP contribution in [-0.4, -0.2) is 30.7 Å². The average molecular weight is 344 g/mol. The van der Waals surface area contributed by atoms with Crippen molar-refractivity contribution in [2.75, 3.05) is 5.32 Å². The fraction of sp³-hybridized carbons (Fsp3) is 0.500. The molecule has 3 aromatic rings. The molecular formula is C16H20N6OS. The highest BCUT2D eigenvalue weighted by Crippen LogP contribution is 2.33. The first-order valence-electron chi connectivity index (χ1n) is 8.40. The zero-order chi connectivity index (χ0) is 16.5. The van der Waals surface area contributed by atoms with Crippen molar-refractivity contribution in [1.82, 2.24) is 24.8 Å². The molecule has 0 saturated heterocycles. The number of carbonyl (C=O) groups excluding carboxylic acids is 1. The predicted molar refractivity (Wildman–Crippen MR) is 92.4 cm³/mol. The number of rotatable bonds is 5. The molecule has 0 radical (unpaired) electrons. The average Bonchev–Trinajstić information content (AvgIpc) is 3.30. The third-order valence-electron chi connectivity index (χ3n) is 4.44. The summed E-state index contributed by atoms with van der Waals surface area (Å²) >= 11 is 1.56. The first-order valence-corrected chi connectivity index (χ1v) is 9.22. The minimum Gasteiger partial charge on any atom is -0.309 e. The summed E-state index contributed by atoms with van der Waals surface area (Å²) in [4.78, 5) is 17.5. The van der Waals surface area contributed by atoms with Crippen LogP contribution in [0.5, 0.6) is 0 Å². The number of nitrogens with one attached hydrogen (secondary N) is 2. The highest BCUT2D eigenvalue weighted by atomic mass is 32.1. The zero-order valence-electron chi connectivity index (χ0n) is 13.6. The molecule has 7 nitrogen and oxygen atoms in total. The molecule has 1 aliphatic carbocycles. The van der Waals surface area contributed by atoms with Crippen LogP contribution in [0.25, 0.3) is 4.96 Å². The molecule has 0 unspecified atom stereocenters. The molecule has 0 atom stereocenters. The van der Waals surface area contributed by atoms with Gasteiger partial charge in [0, 0.05) is 17.7 Å². The van der Waals surface area contributed by atoms with Crippen molar-refractivity contribution in [3.63, 3.8) is 0 Å². The first-order chi connectivity index (χ1) is 11.7. The molecule has 3 aromatic heterocycles. The lowest BCUT2D eigenvalue weighted by Crippen LogP contribution is -2.14. The summed E-state index contributed by atoms with van der Waals surface area (Å²) in [7, 11) is 0. The molecule has 0 aliphatic heterocycles. The smallest absolute Gasteiger partial charge is 0.231 e. The van der Waals surface area contributed by atoms with Crippen molar-refractivity contribution >= 4 is 28.0 Å². The van der Waals surface area contributed by atoms with E-state index in [0.717, 1.165) is 27.8 Å². The summed E-state index contributed by atoms with van der Waals surface area (Å²) < 4.78 is 1.75. The van der Waals surface area contributed by atoms with Crippen LogP contribution in [0.1, 0.15) is 54.9 Å². The lowest BCUT2D eigenvalue weighted by atomic mass is 10.0. The standard InChI is InChI=1S/C16H20N6OS/c1-2-15-21-22-9-11(17-16(22)24-15)7-14(23)18-13-8-12(19-20-13)10-5-3-4-6-10/h8-10H,2-7H2,1H3,(H2,18,19,20,23). The summed E-state index contributed by atoms with van der Waals surface area (Å²) in [6.07, 6.45) is 7.89.